The quantitative estimate of drug-likeness (QED) is 0.892. The van der Waals surface area contributed by atoms with Gasteiger partial charge in [0, 0.05) is 18.1 Å². The van der Waals surface area contributed by atoms with Crippen LogP contribution in [0.2, 0.25) is 0 Å². The standard InChI is InChI=1S/C15H16N4/c1-11-5-2-3-7-13(11)19-14(10-18-15(19)16)12-6-4-8-17-9-12/h2-9,14H,10H2,1H3,(H2,16,18). The van der Waals surface area contributed by atoms with Gasteiger partial charge in [0.25, 0.3) is 0 Å². The lowest BCUT2D eigenvalue weighted by molar-refractivity contribution is 0.762. The van der Waals surface area contributed by atoms with Crippen molar-refractivity contribution >= 4 is 11.6 Å². The minimum Gasteiger partial charge on any atom is -0.369 e. The molecule has 1 aromatic heterocycles. The average molecular weight is 252 g/mol. The maximum absolute atomic E-state index is 6.06. The Hall–Kier alpha value is -2.36. The number of para-hydroxylation sites is 1. The van der Waals surface area contributed by atoms with Gasteiger partial charge >= 0.3 is 0 Å². The molecule has 2 aromatic rings. The molecule has 4 heteroatoms. The van der Waals surface area contributed by atoms with Crippen LogP contribution in [0.25, 0.3) is 0 Å². The second kappa shape index (κ2) is 4.72. The summed E-state index contributed by atoms with van der Waals surface area (Å²) in [7, 11) is 0. The number of benzene rings is 1. The number of aromatic nitrogens is 1. The number of anilines is 1. The van der Waals surface area contributed by atoms with Gasteiger partial charge < -0.3 is 10.6 Å². The molecule has 2 heterocycles. The molecule has 0 spiro atoms. The van der Waals surface area contributed by atoms with Crippen molar-refractivity contribution in [2.24, 2.45) is 10.7 Å². The Balaban J connectivity index is 2.02. The van der Waals surface area contributed by atoms with E-state index in [4.69, 9.17) is 5.73 Å². The fourth-order valence-corrected chi connectivity index (χ4v) is 2.45. The van der Waals surface area contributed by atoms with Crippen LogP contribution in [-0.2, 0) is 0 Å². The number of aliphatic imine (C=N–C) groups is 1. The van der Waals surface area contributed by atoms with E-state index in [-0.39, 0.29) is 6.04 Å². The predicted octanol–water partition coefficient (Wildman–Crippen LogP) is 2.27. The summed E-state index contributed by atoms with van der Waals surface area (Å²) in [6, 6.07) is 12.4. The molecule has 1 unspecified atom stereocenters. The van der Waals surface area contributed by atoms with Gasteiger partial charge in [-0.2, -0.15) is 0 Å². The van der Waals surface area contributed by atoms with E-state index in [1.54, 1.807) is 6.20 Å². The zero-order valence-corrected chi connectivity index (χ0v) is 10.8. The van der Waals surface area contributed by atoms with E-state index in [1.807, 2.05) is 24.4 Å². The number of nitrogens with zero attached hydrogens (tertiary/aromatic N) is 3. The fourth-order valence-electron chi connectivity index (χ4n) is 2.45. The van der Waals surface area contributed by atoms with Crippen LogP contribution in [0.3, 0.4) is 0 Å². The lowest BCUT2D eigenvalue weighted by Crippen LogP contribution is -2.36. The molecule has 96 valence electrons. The third kappa shape index (κ3) is 2.05. The number of hydrogen-bond donors (Lipinski definition) is 1. The molecule has 0 saturated heterocycles. The molecule has 3 rings (SSSR count). The smallest absolute Gasteiger partial charge is 0.196 e. The lowest BCUT2D eigenvalue weighted by Gasteiger charge is -2.27. The second-order valence-electron chi connectivity index (χ2n) is 4.66. The number of pyridine rings is 1. The van der Waals surface area contributed by atoms with E-state index in [9.17, 15) is 0 Å². The van der Waals surface area contributed by atoms with E-state index in [2.05, 4.69) is 40.0 Å². The lowest BCUT2D eigenvalue weighted by atomic mass is 10.1. The fraction of sp³-hybridized carbons (Fsp3) is 0.200. The zero-order valence-electron chi connectivity index (χ0n) is 10.8. The molecule has 4 nitrogen and oxygen atoms in total. The van der Waals surface area contributed by atoms with Gasteiger partial charge in [0.05, 0.1) is 12.6 Å². The summed E-state index contributed by atoms with van der Waals surface area (Å²) in [6.07, 6.45) is 3.66. The summed E-state index contributed by atoms with van der Waals surface area (Å²) in [5.74, 6) is 0.572. The first-order valence-corrected chi connectivity index (χ1v) is 6.32. The van der Waals surface area contributed by atoms with E-state index in [0.29, 0.717) is 12.5 Å². The number of hydrogen-bond acceptors (Lipinski definition) is 4. The third-order valence-corrected chi connectivity index (χ3v) is 3.43. The van der Waals surface area contributed by atoms with Crippen molar-refractivity contribution in [1.82, 2.24) is 4.98 Å². The summed E-state index contributed by atoms with van der Waals surface area (Å²) < 4.78 is 0. The van der Waals surface area contributed by atoms with E-state index >= 15 is 0 Å². The summed E-state index contributed by atoms with van der Waals surface area (Å²) in [4.78, 5) is 10.7. The molecule has 1 aliphatic heterocycles. The van der Waals surface area contributed by atoms with Gasteiger partial charge in [-0.15, -0.1) is 0 Å². The van der Waals surface area contributed by atoms with E-state index < -0.39 is 0 Å². The topological polar surface area (TPSA) is 54.5 Å². The molecule has 1 aromatic carbocycles. The second-order valence-corrected chi connectivity index (χ2v) is 4.66. The first kappa shape index (κ1) is 11.7. The highest BCUT2D eigenvalue weighted by Gasteiger charge is 2.29. The van der Waals surface area contributed by atoms with Crippen LogP contribution in [0.15, 0.2) is 53.8 Å². The minimum absolute atomic E-state index is 0.134. The van der Waals surface area contributed by atoms with Gasteiger partial charge in [-0.1, -0.05) is 24.3 Å². The third-order valence-electron chi connectivity index (χ3n) is 3.43. The molecule has 0 bridgehead atoms. The summed E-state index contributed by atoms with van der Waals surface area (Å²) in [5.41, 5.74) is 9.50. The van der Waals surface area contributed by atoms with Gasteiger partial charge in [0.2, 0.25) is 0 Å². The minimum atomic E-state index is 0.134. The average Bonchev–Trinajstić information content (AvgIpc) is 2.82. The Morgan fingerprint density at radius 2 is 2.05 bits per heavy atom. The molecule has 0 aliphatic carbocycles. The monoisotopic (exact) mass is 252 g/mol. The first-order chi connectivity index (χ1) is 9.27. The Labute approximate surface area is 112 Å². The molecule has 19 heavy (non-hydrogen) atoms. The summed E-state index contributed by atoms with van der Waals surface area (Å²) in [6.45, 7) is 2.76. The number of rotatable bonds is 2. The van der Waals surface area contributed by atoms with E-state index in [0.717, 1.165) is 11.3 Å². The Morgan fingerprint density at radius 1 is 1.21 bits per heavy atom. The molecule has 0 radical (unpaired) electrons. The number of aryl methyl sites for hydroxylation is 1. The summed E-state index contributed by atoms with van der Waals surface area (Å²) in [5, 5.41) is 0. The van der Waals surface area contributed by atoms with Crippen molar-refractivity contribution in [3.8, 4) is 0 Å². The van der Waals surface area contributed by atoms with Crippen molar-refractivity contribution in [2.45, 2.75) is 13.0 Å². The van der Waals surface area contributed by atoms with Crippen LogP contribution in [0, 0.1) is 6.92 Å². The molecule has 0 saturated carbocycles. The number of nitrogens with two attached hydrogens (primary N) is 1. The highest BCUT2D eigenvalue weighted by molar-refractivity contribution is 5.98. The van der Waals surface area contributed by atoms with Gasteiger partial charge in [-0.3, -0.25) is 9.98 Å². The van der Waals surface area contributed by atoms with Gasteiger partial charge in [0.1, 0.15) is 0 Å². The van der Waals surface area contributed by atoms with Gasteiger partial charge in [-0.25, -0.2) is 0 Å². The Bertz CT molecular complexity index is 607. The van der Waals surface area contributed by atoms with Crippen molar-refractivity contribution in [3.63, 3.8) is 0 Å². The van der Waals surface area contributed by atoms with Crippen molar-refractivity contribution in [2.75, 3.05) is 11.4 Å². The zero-order chi connectivity index (χ0) is 13.2. The maximum atomic E-state index is 6.06. The Morgan fingerprint density at radius 3 is 2.79 bits per heavy atom. The van der Waals surface area contributed by atoms with Crippen LogP contribution in [0.5, 0.6) is 0 Å². The maximum Gasteiger partial charge on any atom is 0.196 e. The molecular formula is C15H16N4. The van der Waals surface area contributed by atoms with Gasteiger partial charge in [0.15, 0.2) is 5.96 Å². The van der Waals surface area contributed by atoms with E-state index in [1.165, 1.54) is 5.56 Å². The van der Waals surface area contributed by atoms with Crippen molar-refractivity contribution in [1.29, 1.82) is 0 Å². The molecule has 1 aliphatic rings. The van der Waals surface area contributed by atoms with Gasteiger partial charge in [-0.05, 0) is 30.2 Å². The molecule has 0 fully saturated rings. The predicted molar refractivity (Wildman–Crippen MR) is 77.1 cm³/mol. The largest absolute Gasteiger partial charge is 0.369 e. The molecule has 0 amide bonds. The normalized spacial score (nSPS) is 18.5. The van der Waals surface area contributed by atoms with Crippen LogP contribution >= 0.6 is 0 Å². The summed E-state index contributed by atoms with van der Waals surface area (Å²) >= 11 is 0. The first-order valence-electron chi connectivity index (χ1n) is 6.32. The SMILES string of the molecule is Cc1ccccc1N1C(N)=NCC1c1cccnc1. The Kier molecular flexibility index (Phi) is 2.91. The molecule has 2 N–H and O–H groups in total. The van der Waals surface area contributed by atoms with Crippen molar-refractivity contribution < 1.29 is 0 Å². The van der Waals surface area contributed by atoms with Crippen LogP contribution in [0.1, 0.15) is 17.2 Å². The molecule has 1 atom stereocenters. The molecular weight excluding hydrogens is 236 g/mol. The van der Waals surface area contributed by atoms with Crippen LogP contribution < -0.4 is 10.6 Å². The van der Waals surface area contributed by atoms with Crippen LogP contribution in [0.4, 0.5) is 5.69 Å². The highest BCUT2D eigenvalue weighted by atomic mass is 15.3. The highest BCUT2D eigenvalue weighted by Crippen LogP contribution is 2.32. The van der Waals surface area contributed by atoms with Crippen LogP contribution in [-0.4, -0.2) is 17.5 Å². The number of guanidine groups is 1. The van der Waals surface area contributed by atoms with Crippen molar-refractivity contribution in [3.05, 3.63) is 59.9 Å².